The highest BCUT2D eigenvalue weighted by atomic mass is 32.1. The molecule has 0 aliphatic carbocycles. The molecule has 1 aliphatic heterocycles. The molecule has 0 radical (unpaired) electrons. The van der Waals surface area contributed by atoms with Crippen LogP contribution in [-0.4, -0.2) is 22.9 Å². The number of thiophene rings is 1. The van der Waals surface area contributed by atoms with Crippen molar-refractivity contribution in [2.75, 3.05) is 0 Å². The maximum atomic E-state index is 12.6. The first kappa shape index (κ1) is 15.2. The van der Waals surface area contributed by atoms with Gasteiger partial charge in [0.15, 0.2) is 0 Å². The van der Waals surface area contributed by atoms with E-state index in [4.69, 9.17) is 0 Å². The van der Waals surface area contributed by atoms with Crippen molar-refractivity contribution < 1.29 is 14.4 Å². The summed E-state index contributed by atoms with van der Waals surface area (Å²) >= 11 is 1.30. The molecule has 1 atom stereocenters. The van der Waals surface area contributed by atoms with Gasteiger partial charge in [-0.3, -0.25) is 15.0 Å². The number of carbonyl (C=O) groups is 3. The van der Waals surface area contributed by atoms with Crippen LogP contribution in [0.25, 0.3) is 0 Å². The summed E-state index contributed by atoms with van der Waals surface area (Å²) in [6.07, 6.45) is 0. The van der Waals surface area contributed by atoms with E-state index in [1.807, 2.05) is 13.0 Å². The average molecular weight is 329 g/mol. The van der Waals surface area contributed by atoms with Crippen LogP contribution in [0.4, 0.5) is 4.79 Å². The Hall–Kier alpha value is -2.67. The molecule has 2 aromatic rings. The second kappa shape index (κ2) is 5.51. The summed E-state index contributed by atoms with van der Waals surface area (Å²) in [7, 11) is 0. The van der Waals surface area contributed by atoms with E-state index in [0.717, 1.165) is 9.89 Å². The minimum absolute atomic E-state index is 0.441. The fourth-order valence-corrected chi connectivity index (χ4v) is 3.18. The summed E-state index contributed by atoms with van der Waals surface area (Å²) in [5, 5.41) is 3.38. The summed E-state index contributed by atoms with van der Waals surface area (Å²) in [5.41, 5.74) is 1.83. The number of imide groups is 1. The maximum Gasteiger partial charge on any atom is 0.344 e. The highest BCUT2D eigenvalue weighted by Gasteiger charge is 2.50. The minimum Gasteiger partial charge on any atom is -0.318 e. The Kier molecular flexibility index (Phi) is 3.65. The van der Waals surface area contributed by atoms with Gasteiger partial charge in [0, 0.05) is 4.88 Å². The highest BCUT2D eigenvalue weighted by Crippen LogP contribution is 2.27. The fourth-order valence-electron chi connectivity index (χ4n) is 2.42. The molecule has 2 N–H and O–H groups in total. The summed E-state index contributed by atoms with van der Waals surface area (Å²) in [6.45, 7) is 3.49. The Morgan fingerprint density at radius 2 is 1.87 bits per heavy atom. The second-order valence-corrected chi connectivity index (χ2v) is 6.70. The Bertz CT molecular complexity index is 787. The molecule has 1 saturated heterocycles. The van der Waals surface area contributed by atoms with Gasteiger partial charge in [0.05, 0.1) is 4.88 Å². The third-order valence-electron chi connectivity index (χ3n) is 3.72. The van der Waals surface area contributed by atoms with Gasteiger partial charge in [-0.15, -0.1) is 11.3 Å². The van der Waals surface area contributed by atoms with Crippen LogP contribution in [0, 0.1) is 6.92 Å². The number of urea groups is 1. The lowest BCUT2D eigenvalue weighted by atomic mass is 9.92. The molecule has 1 aromatic heterocycles. The predicted octanol–water partition coefficient (Wildman–Crippen LogP) is 2.17. The van der Waals surface area contributed by atoms with Gasteiger partial charge in [0.25, 0.3) is 11.8 Å². The van der Waals surface area contributed by atoms with E-state index in [0.29, 0.717) is 10.4 Å². The van der Waals surface area contributed by atoms with Gasteiger partial charge in [-0.1, -0.05) is 30.3 Å². The zero-order chi connectivity index (χ0) is 16.6. The number of rotatable bonds is 3. The van der Waals surface area contributed by atoms with Crippen molar-refractivity contribution in [3.05, 3.63) is 57.8 Å². The number of hydrazine groups is 1. The molecule has 1 aromatic carbocycles. The number of nitrogens with one attached hydrogen (secondary N) is 2. The molecule has 7 heteroatoms. The first-order valence-corrected chi connectivity index (χ1v) is 7.83. The molecular formula is C16H15N3O3S. The molecule has 3 rings (SSSR count). The normalized spacial score (nSPS) is 20.5. The fraction of sp³-hybridized carbons (Fsp3) is 0.188. The SMILES string of the molecule is Cc1ccc(C(=O)NN2C(=O)NC(C)(c3ccccc3)C2=O)s1. The van der Waals surface area contributed by atoms with Crippen molar-refractivity contribution in [2.45, 2.75) is 19.4 Å². The quantitative estimate of drug-likeness (QED) is 0.847. The summed E-state index contributed by atoms with van der Waals surface area (Å²) in [5.74, 6) is -1.00. The number of aryl methyl sites for hydroxylation is 1. The first-order chi connectivity index (χ1) is 10.9. The van der Waals surface area contributed by atoms with Gasteiger partial charge in [0.1, 0.15) is 5.54 Å². The molecule has 118 valence electrons. The molecule has 0 bridgehead atoms. The molecule has 0 spiro atoms. The van der Waals surface area contributed by atoms with Gasteiger partial charge in [-0.2, -0.15) is 5.01 Å². The highest BCUT2D eigenvalue weighted by molar-refractivity contribution is 7.13. The Morgan fingerprint density at radius 3 is 2.48 bits per heavy atom. The van der Waals surface area contributed by atoms with Gasteiger partial charge in [-0.05, 0) is 31.5 Å². The number of hydrogen-bond acceptors (Lipinski definition) is 4. The van der Waals surface area contributed by atoms with Crippen molar-refractivity contribution in [1.82, 2.24) is 15.8 Å². The Balaban J connectivity index is 1.83. The minimum atomic E-state index is -1.20. The number of carbonyl (C=O) groups excluding carboxylic acids is 3. The van der Waals surface area contributed by atoms with Crippen LogP contribution in [0.3, 0.4) is 0 Å². The Labute approximate surface area is 137 Å². The molecule has 1 fully saturated rings. The van der Waals surface area contributed by atoms with E-state index in [2.05, 4.69) is 10.7 Å². The first-order valence-electron chi connectivity index (χ1n) is 7.01. The molecule has 23 heavy (non-hydrogen) atoms. The number of hydrogen-bond donors (Lipinski definition) is 2. The van der Waals surface area contributed by atoms with E-state index in [-0.39, 0.29) is 0 Å². The smallest absolute Gasteiger partial charge is 0.318 e. The van der Waals surface area contributed by atoms with Gasteiger partial charge >= 0.3 is 6.03 Å². The third-order valence-corrected chi connectivity index (χ3v) is 4.72. The molecule has 6 nitrogen and oxygen atoms in total. The van der Waals surface area contributed by atoms with E-state index in [1.54, 1.807) is 43.3 Å². The van der Waals surface area contributed by atoms with Crippen molar-refractivity contribution in [3.63, 3.8) is 0 Å². The van der Waals surface area contributed by atoms with Crippen LogP contribution >= 0.6 is 11.3 Å². The Morgan fingerprint density at radius 1 is 1.17 bits per heavy atom. The van der Waals surface area contributed by atoms with E-state index in [1.165, 1.54) is 11.3 Å². The summed E-state index contributed by atoms with van der Waals surface area (Å²) in [4.78, 5) is 38.4. The van der Waals surface area contributed by atoms with Crippen molar-refractivity contribution >= 4 is 29.2 Å². The topological polar surface area (TPSA) is 78.5 Å². The van der Waals surface area contributed by atoms with Crippen molar-refractivity contribution in [2.24, 2.45) is 0 Å². The lowest BCUT2D eigenvalue weighted by Gasteiger charge is -2.21. The van der Waals surface area contributed by atoms with Gasteiger partial charge < -0.3 is 5.32 Å². The lowest BCUT2D eigenvalue weighted by Crippen LogP contribution is -2.47. The van der Waals surface area contributed by atoms with Gasteiger partial charge in [-0.25, -0.2) is 4.79 Å². The lowest BCUT2D eigenvalue weighted by molar-refractivity contribution is -0.132. The van der Waals surface area contributed by atoms with Crippen LogP contribution < -0.4 is 10.7 Å². The molecule has 2 heterocycles. The molecular weight excluding hydrogens is 314 g/mol. The van der Waals surface area contributed by atoms with E-state index in [9.17, 15) is 14.4 Å². The summed E-state index contributed by atoms with van der Waals surface area (Å²) in [6, 6.07) is 11.7. The average Bonchev–Trinajstić information content (AvgIpc) is 3.06. The van der Waals surface area contributed by atoms with Gasteiger partial charge in [0.2, 0.25) is 0 Å². The van der Waals surface area contributed by atoms with Crippen molar-refractivity contribution in [3.8, 4) is 0 Å². The number of amides is 4. The van der Waals surface area contributed by atoms with E-state index < -0.39 is 23.4 Å². The maximum absolute atomic E-state index is 12.6. The number of benzene rings is 1. The summed E-state index contributed by atoms with van der Waals surface area (Å²) < 4.78 is 0. The van der Waals surface area contributed by atoms with E-state index >= 15 is 0 Å². The molecule has 4 amide bonds. The van der Waals surface area contributed by atoms with Crippen molar-refractivity contribution in [1.29, 1.82) is 0 Å². The van der Waals surface area contributed by atoms with Crippen LogP contribution in [-0.2, 0) is 10.3 Å². The second-order valence-electron chi connectivity index (χ2n) is 5.41. The van der Waals surface area contributed by atoms with Crippen LogP contribution in [0.2, 0.25) is 0 Å². The van der Waals surface area contributed by atoms with Crippen LogP contribution in [0.15, 0.2) is 42.5 Å². The predicted molar refractivity (Wildman–Crippen MR) is 85.7 cm³/mol. The monoisotopic (exact) mass is 329 g/mol. The standard InChI is InChI=1S/C16H15N3O3S/c1-10-8-9-12(23-10)13(20)18-19-14(21)16(2,17-15(19)22)11-6-4-3-5-7-11/h3-9H,1-2H3,(H,17,22)(H,18,20). The van der Waals surface area contributed by atoms with Crippen LogP contribution in [0.1, 0.15) is 27.0 Å². The molecule has 0 saturated carbocycles. The largest absolute Gasteiger partial charge is 0.344 e. The molecule has 1 aliphatic rings. The zero-order valence-electron chi connectivity index (χ0n) is 12.6. The molecule has 1 unspecified atom stereocenters. The van der Waals surface area contributed by atoms with Crippen LogP contribution in [0.5, 0.6) is 0 Å². The third kappa shape index (κ3) is 2.59. The number of nitrogens with zero attached hydrogens (tertiary/aromatic N) is 1. The zero-order valence-corrected chi connectivity index (χ0v) is 13.4.